The number of benzene rings is 2. The number of fused-ring (bicyclic) bond motifs is 3. The van der Waals surface area contributed by atoms with Crippen LogP contribution in [0.4, 0.5) is 4.79 Å². The first kappa shape index (κ1) is 21.8. The van der Waals surface area contributed by atoms with Gasteiger partial charge in [0, 0.05) is 12.5 Å². The Kier molecular flexibility index (Phi) is 6.77. The summed E-state index contributed by atoms with van der Waals surface area (Å²) in [4.78, 5) is 24.9. The van der Waals surface area contributed by atoms with Gasteiger partial charge in [-0.3, -0.25) is 0 Å². The highest BCUT2D eigenvalue weighted by molar-refractivity contribution is 5.82. The molecule has 6 nitrogen and oxygen atoms in total. The molecule has 6 heteroatoms. The molecule has 0 unspecified atom stereocenters. The third-order valence-corrected chi connectivity index (χ3v) is 4.98. The predicted molar refractivity (Wildman–Crippen MR) is 114 cm³/mol. The van der Waals surface area contributed by atoms with Gasteiger partial charge in [-0.05, 0) is 55.9 Å². The van der Waals surface area contributed by atoms with Crippen molar-refractivity contribution < 1.29 is 24.2 Å². The largest absolute Gasteiger partial charge is 0.458 e. The van der Waals surface area contributed by atoms with Crippen LogP contribution in [0.15, 0.2) is 48.5 Å². The van der Waals surface area contributed by atoms with Gasteiger partial charge in [-0.25, -0.2) is 9.59 Å². The SMILES string of the molecule is CC(C)(C)OC(=O)[C@H](CCCO)NC(=O)OCC1c2ccccc2-c2ccccc21. The lowest BCUT2D eigenvalue weighted by Gasteiger charge is -2.24. The summed E-state index contributed by atoms with van der Waals surface area (Å²) in [6.07, 6.45) is -0.0333. The Morgan fingerprint density at radius 2 is 1.60 bits per heavy atom. The first-order valence-electron chi connectivity index (χ1n) is 10.3. The predicted octanol–water partition coefficient (Wildman–Crippen LogP) is 4.01. The number of nitrogens with one attached hydrogen (secondary N) is 1. The van der Waals surface area contributed by atoms with E-state index >= 15 is 0 Å². The smallest absolute Gasteiger partial charge is 0.407 e. The van der Waals surface area contributed by atoms with Gasteiger partial charge in [-0.15, -0.1) is 0 Å². The fourth-order valence-corrected chi connectivity index (χ4v) is 3.70. The molecule has 0 aliphatic heterocycles. The van der Waals surface area contributed by atoms with Crippen LogP contribution < -0.4 is 5.32 Å². The summed E-state index contributed by atoms with van der Waals surface area (Å²) in [5.41, 5.74) is 3.87. The standard InChI is InChI=1S/C24H29NO5/c1-24(2,3)30-22(27)21(13-8-14-26)25-23(28)29-15-20-18-11-6-4-9-16(18)17-10-5-7-12-19(17)20/h4-7,9-12,20-21,26H,8,13-15H2,1-3H3,(H,25,28)/t21-/m0/s1. The van der Waals surface area contributed by atoms with E-state index in [-0.39, 0.29) is 25.6 Å². The van der Waals surface area contributed by atoms with Crippen LogP contribution in [0.2, 0.25) is 0 Å². The van der Waals surface area contributed by atoms with Gasteiger partial charge in [0.2, 0.25) is 0 Å². The minimum absolute atomic E-state index is 0.0550. The monoisotopic (exact) mass is 411 g/mol. The van der Waals surface area contributed by atoms with Gasteiger partial charge in [-0.2, -0.15) is 0 Å². The Labute approximate surface area is 177 Å². The molecule has 30 heavy (non-hydrogen) atoms. The van der Waals surface area contributed by atoms with E-state index in [9.17, 15) is 9.59 Å². The topological polar surface area (TPSA) is 84.9 Å². The Balaban J connectivity index is 1.66. The summed E-state index contributed by atoms with van der Waals surface area (Å²) < 4.78 is 10.9. The summed E-state index contributed by atoms with van der Waals surface area (Å²) in [5.74, 6) is -0.593. The summed E-state index contributed by atoms with van der Waals surface area (Å²) in [6.45, 7) is 5.39. The molecule has 0 saturated carbocycles. The average molecular weight is 411 g/mol. The lowest BCUT2D eigenvalue weighted by atomic mass is 9.98. The normalized spacial score (nSPS) is 13.9. The van der Waals surface area contributed by atoms with Gasteiger partial charge < -0.3 is 19.9 Å². The fraction of sp³-hybridized carbons (Fsp3) is 0.417. The molecule has 0 bridgehead atoms. The number of alkyl carbamates (subject to hydrolysis) is 1. The average Bonchev–Trinajstić information content (AvgIpc) is 3.02. The summed E-state index contributed by atoms with van der Waals surface area (Å²) in [7, 11) is 0. The Morgan fingerprint density at radius 3 is 2.13 bits per heavy atom. The molecule has 160 valence electrons. The summed E-state index contributed by atoms with van der Waals surface area (Å²) in [5, 5.41) is 11.7. The third-order valence-electron chi connectivity index (χ3n) is 4.98. The van der Waals surface area contributed by atoms with Crippen molar-refractivity contribution >= 4 is 12.1 Å². The quantitative estimate of drug-likeness (QED) is 0.673. The number of aliphatic hydroxyl groups is 1. The zero-order valence-electron chi connectivity index (χ0n) is 17.7. The van der Waals surface area contributed by atoms with E-state index < -0.39 is 23.7 Å². The van der Waals surface area contributed by atoms with Crippen LogP contribution in [-0.4, -0.2) is 42.0 Å². The second kappa shape index (κ2) is 9.30. The van der Waals surface area contributed by atoms with Crippen LogP contribution in [0.1, 0.15) is 50.7 Å². The molecule has 0 heterocycles. The van der Waals surface area contributed by atoms with Crippen LogP contribution in [0.3, 0.4) is 0 Å². The van der Waals surface area contributed by atoms with Crippen molar-refractivity contribution in [2.24, 2.45) is 0 Å². The van der Waals surface area contributed by atoms with Crippen LogP contribution in [0.25, 0.3) is 11.1 Å². The van der Waals surface area contributed by atoms with Crippen molar-refractivity contribution in [1.82, 2.24) is 5.32 Å². The highest BCUT2D eigenvalue weighted by Crippen LogP contribution is 2.44. The number of carbonyl (C=O) groups excluding carboxylic acids is 2. The van der Waals surface area contributed by atoms with Crippen LogP contribution in [-0.2, 0) is 14.3 Å². The van der Waals surface area contributed by atoms with Gasteiger partial charge in [-0.1, -0.05) is 48.5 Å². The molecule has 0 spiro atoms. The van der Waals surface area contributed by atoms with Gasteiger partial charge in [0.15, 0.2) is 0 Å². The number of esters is 1. The zero-order valence-corrected chi connectivity index (χ0v) is 17.7. The Morgan fingerprint density at radius 1 is 1.03 bits per heavy atom. The molecule has 1 aliphatic carbocycles. The molecule has 0 radical (unpaired) electrons. The first-order valence-corrected chi connectivity index (χ1v) is 10.3. The number of amides is 1. The minimum Gasteiger partial charge on any atom is -0.458 e. The molecular weight excluding hydrogens is 382 g/mol. The molecule has 0 fully saturated rings. The Bertz CT molecular complexity index is 857. The molecule has 1 atom stereocenters. The highest BCUT2D eigenvalue weighted by atomic mass is 16.6. The highest BCUT2D eigenvalue weighted by Gasteiger charge is 2.30. The van der Waals surface area contributed by atoms with Crippen LogP contribution in [0.5, 0.6) is 0 Å². The maximum atomic E-state index is 12.5. The molecule has 1 aliphatic rings. The number of ether oxygens (including phenoxy) is 2. The van der Waals surface area contributed by atoms with Crippen molar-refractivity contribution in [3.8, 4) is 11.1 Å². The van der Waals surface area contributed by atoms with Crippen LogP contribution >= 0.6 is 0 Å². The van der Waals surface area contributed by atoms with E-state index in [2.05, 4.69) is 17.4 Å². The Hall–Kier alpha value is -2.86. The van der Waals surface area contributed by atoms with E-state index in [1.807, 2.05) is 36.4 Å². The minimum atomic E-state index is -0.868. The van der Waals surface area contributed by atoms with E-state index in [4.69, 9.17) is 14.6 Å². The zero-order chi connectivity index (χ0) is 21.7. The van der Waals surface area contributed by atoms with E-state index in [1.54, 1.807) is 20.8 Å². The fourth-order valence-electron chi connectivity index (χ4n) is 3.70. The molecule has 1 amide bonds. The second-order valence-electron chi connectivity index (χ2n) is 8.42. The lowest BCUT2D eigenvalue weighted by molar-refractivity contribution is -0.157. The van der Waals surface area contributed by atoms with Crippen LogP contribution in [0, 0.1) is 0 Å². The first-order chi connectivity index (χ1) is 14.3. The molecule has 0 aromatic heterocycles. The van der Waals surface area contributed by atoms with E-state index in [0.29, 0.717) is 6.42 Å². The van der Waals surface area contributed by atoms with Gasteiger partial charge in [0.05, 0.1) is 0 Å². The maximum absolute atomic E-state index is 12.5. The molecule has 2 N–H and O–H groups in total. The molecule has 2 aromatic rings. The summed E-state index contributed by atoms with van der Waals surface area (Å²) >= 11 is 0. The molecule has 3 rings (SSSR count). The molecule has 2 aromatic carbocycles. The number of rotatable bonds is 7. The van der Waals surface area contributed by atoms with Gasteiger partial charge in [0.1, 0.15) is 18.2 Å². The third kappa shape index (κ3) is 5.19. The number of aliphatic hydroxyl groups excluding tert-OH is 1. The van der Waals surface area contributed by atoms with E-state index in [0.717, 1.165) is 22.3 Å². The van der Waals surface area contributed by atoms with Crippen molar-refractivity contribution in [2.75, 3.05) is 13.2 Å². The lowest BCUT2D eigenvalue weighted by Crippen LogP contribution is -2.44. The number of carbonyl (C=O) groups is 2. The number of hydrogen-bond acceptors (Lipinski definition) is 5. The van der Waals surface area contributed by atoms with Crippen molar-refractivity contribution in [3.05, 3.63) is 59.7 Å². The van der Waals surface area contributed by atoms with Gasteiger partial charge in [0.25, 0.3) is 0 Å². The summed E-state index contributed by atoms with van der Waals surface area (Å²) in [6, 6.07) is 15.3. The van der Waals surface area contributed by atoms with Gasteiger partial charge >= 0.3 is 12.1 Å². The molecular formula is C24H29NO5. The maximum Gasteiger partial charge on any atom is 0.407 e. The van der Waals surface area contributed by atoms with Crippen molar-refractivity contribution in [3.63, 3.8) is 0 Å². The van der Waals surface area contributed by atoms with Crippen molar-refractivity contribution in [1.29, 1.82) is 0 Å². The van der Waals surface area contributed by atoms with Crippen molar-refractivity contribution in [2.45, 2.75) is 51.2 Å². The van der Waals surface area contributed by atoms with E-state index in [1.165, 1.54) is 0 Å². The second-order valence-corrected chi connectivity index (χ2v) is 8.42. The number of hydrogen-bond donors (Lipinski definition) is 2. The molecule has 0 saturated heterocycles.